The normalized spacial score (nSPS) is 11.2. The predicted molar refractivity (Wildman–Crippen MR) is 126 cm³/mol. The Morgan fingerprint density at radius 3 is 1.71 bits per heavy atom. The Hall–Kier alpha value is -3.47. The first-order valence-electron chi connectivity index (χ1n) is 9.94. The molecule has 0 spiro atoms. The number of rotatable bonds is 7. The molecule has 0 unspecified atom stereocenters. The zero-order chi connectivity index (χ0) is 21.7. The summed E-state index contributed by atoms with van der Waals surface area (Å²) in [6, 6.07) is 32.2. The summed E-state index contributed by atoms with van der Waals surface area (Å²) in [6.45, 7) is -0.396. The van der Waals surface area contributed by atoms with E-state index >= 15 is 0 Å². The van der Waals surface area contributed by atoms with Gasteiger partial charge in [-0.25, -0.2) is 4.98 Å². The van der Waals surface area contributed by atoms with Crippen molar-refractivity contribution in [3.8, 4) is 0 Å². The highest BCUT2D eigenvalue weighted by atomic mass is 35.5. The Morgan fingerprint density at radius 1 is 0.839 bits per heavy atom. The summed E-state index contributed by atoms with van der Waals surface area (Å²) < 4.78 is 0. The quantitative estimate of drug-likeness (QED) is 0.207. The largest absolute Gasteiger partial charge is 0.390 e. The molecule has 0 radical (unpaired) electrons. The highest BCUT2D eigenvalue weighted by Gasteiger charge is 2.37. The van der Waals surface area contributed by atoms with Gasteiger partial charge in [0.25, 0.3) is 0 Å². The van der Waals surface area contributed by atoms with E-state index < -0.39 is 12.1 Å². The smallest absolute Gasteiger partial charge is 0.131 e. The standard InChI is InChI=1S/C26H22ClN3O/c27-25-16-24(22(17-29-25)23(28)18-31)30-26(19-10-4-1-5-11-19,20-12-6-2-7-13-20)21-14-8-3-9-15-21/h1-17,28,31H,18H2,(H,29,30). The summed E-state index contributed by atoms with van der Waals surface area (Å²) >= 11 is 6.25. The molecule has 0 amide bonds. The molecular weight excluding hydrogens is 406 g/mol. The summed E-state index contributed by atoms with van der Waals surface area (Å²) in [5.41, 5.74) is 3.51. The summed E-state index contributed by atoms with van der Waals surface area (Å²) in [5.74, 6) is 0. The van der Waals surface area contributed by atoms with Crippen molar-refractivity contribution in [1.29, 1.82) is 5.41 Å². The number of aliphatic hydroxyl groups is 1. The molecule has 3 N–H and O–H groups in total. The molecule has 0 aliphatic heterocycles. The third-order valence-corrected chi connectivity index (χ3v) is 5.50. The van der Waals surface area contributed by atoms with Gasteiger partial charge in [-0.3, -0.25) is 0 Å². The molecule has 1 heterocycles. The van der Waals surface area contributed by atoms with E-state index in [0.29, 0.717) is 16.4 Å². The van der Waals surface area contributed by atoms with Crippen LogP contribution in [-0.2, 0) is 5.54 Å². The average Bonchev–Trinajstić information content (AvgIpc) is 2.84. The molecule has 5 heteroatoms. The van der Waals surface area contributed by atoms with Crippen molar-refractivity contribution in [3.05, 3.63) is 131 Å². The van der Waals surface area contributed by atoms with Crippen LogP contribution in [0, 0.1) is 5.41 Å². The molecular formula is C26H22ClN3O. The molecule has 0 saturated heterocycles. The summed E-state index contributed by atoms with van der Waals surface area (Å²) in [4.78, 5) is 4.13. The van der Waals surface area contributed by atoms with Crippen molar-refractivity contribution in [3.63, 3.8) is 0 Å². The number of aliphatic hydroxyl groups excluding tert-OH is 1. The molecule has 31 heavy (non-hydrogen) atoms. The van der Waals surface area contributed by atoms with Crippen LogP contribution in [-0.4, -0.2) is 22.4 Å². The van der Waals surface area contributed by atoms with Crippen LogP contribution in [0.1, 0.15) is 22.3 Å². The Bertz CT molecular complexity index is 1070. The Labute approximate surface area is 186 Å². The van der Waals surface area contributed by atoms with E-state index in [9.17, 15) is 5.11 Å². The second-order valence-electron chi connectivity index (χ2n) is 7.16. The molecule has 0 atom stereocenters. The SMILES string of the molecule is N=C(CO)c1cnc(Cl)cc1NC(c1ccccc1)(c1ccccc1)c1ccccc1. The summed E-state index contributed by atoms with van der Waals surface area (Å²) in [7, 11) is 0. The minimum Gasteiger partial charge on any atom is -0.390 e. The van der Waals surface area contributed by atoms with Crippen LogP contribution in [0.4, 0.5) is 5.69 Å². The molecule has 4 rings (SSSR count). The highest BCUT2D eigenvalue weighted by Crippen LogP contribution is 2.41. The van der Waals surface area contributed by atoms with Gasteiger partial charge < -0.3 is 15.8 Å². The van der Waals surface area contributed by atoms with Crippen LogP contribution < -0.4 is 5.32 Å². The number of hydrogen-bond acceptors (Lipinski definition) is 4. The number of nitrogens with one attached hydrogen (secondary N) is 2. The Balaban J connectivity index is 2.03. The number of aromatic nitrogens is 1. The number of hydrogen-bond donors (Lipinski definition) is 3. The molecule has 0 fully saturated rings. The molecule has 1 aromatic heterocycles. The number of anilines is 1. The fourth-order valence-electron chi connectivity index (χ4n) is 3.84. The monoisotopic (exact) mass is 427 g/mol. The zero-order valence-electron chi connectivity index (χ0n) is 16.8. The third-order valence-electron chi connectivity index (χ3n) is 5.30. The first-order chi connectivity index (χ1) is 15.1. The molecule has 3 aromatic carbocycles. The molecule has 0 saturated carbocycles. The molecule has 0 bridgehead atoms. The number of benzene rings is 3. The lowest BCUT2D eigenvalue weighted by molar-refractivity contribution is 0.357. The van der Waals surface area contributed by atoms with Crippen molar-refractivity contribution >= 4 is 23.0 Å². The molecule has 0 aliphatic carbocycles. The van der Waals surface area contributed by atoms with Crippen LogP contribution in [0.3, 0.4) is 0 Å². The van der Waals surface area contributed by atoms with E-state index in [-0.39, 0.29) is 5.71 Å². The maximum atomic E-state index is 9.62. The Kier molecular flexibility index (Phi) is 6.12. The number of pyridine rings is 1. The van der Waals surface area contributed by atoms with Crippen molar-refractivity contribution in [2.45, 2.75) is 5.54 Å². The van der Waals surface area contributed by atoms with Gasteiger partial charge in [0, 0.05) is 17.4 Å². The van der Waals surface area contributed by atoms with Gasteiger partial charge in [-0.05, 0) is 22.8 Å². The lowest BCUT2D eigenvalue weighted by atomic mass is 9.76. The van der Waals surface area contributed by atoms with E-state index in [1.54, 1.807) is 6.07 Å². The lowest BCUT2D eigenvalue weighted by Gasteiger charge is -2.38. The minimum atomic E-state index is -0.765. The van der Waals surface area contributed by atoms with Gasteiger partial charge in [-0.1, -0.05) is 103 Å². The fourth-order valence-corrected chi connectivity index (χ4v) is 4.00. The molecule has 154 valence electrons. The minimum absolute atomic E-state index is 0.0646. The fraction of sp³-hybridized carbons (Fsp3) is 0.0769. The van der Waals surface area contributed by atoms with E-state index in [4.69, 9.17) is 17.0 Å². The second kappa shape index (κ2) is 9.13. The summed E-state index contributed by atoms with van der Waals surface area (Å²) in [6.07, 6.45) is 1.52. The molecule has 4 aromatic rings. The third kappa shape index (κ3) is 4.08. The molecule has 0 aliphatic rings. The predicted octanol–water partition coefficient (Wildman–Crippen LogP) is 5.50. The van der Waals surface area contributed by atoms with E-state index in [1.165, 1.54) is 6.20 Å². The van der Waals surface area contributed by atoms with Gasteiger partial charge in [0.05, 0.1) is 12.3 Å². The topological polar surface area (TPSA) is 69.0 Å². The lowest BCUT2D eigenvalue weighted by Crippen LogP contribution is -2.38. The van der Waals surface area contributed by atoms with Gasteiger partial charge in [-0.2, -0.15) is 0 Å². The van der Waals surface area contributed by atoms with Crippen molar-refractivity contribution in [2.24, 2.45) is 0 Å². The van der Waals surface area contributed by atoms with Gasteiger partial charge in [0.1, 0.15) is 10.7 Å². The van der Waals surface area contributed by atoms with Crippen LogP contribution in [0.2, 0.25) is 5.15 Å². The van der Waals surface area contributed by atoms with Crippen LogP contribution in [0.25, 0.3) is 0 Å². The van der Waals surface area contributed by atoms with E-state index in [0.717, 1.165) is 16.7 Å². The Morgan fingerprint density at radius 2 is 1.29 bits per heavy atom. The molecule has 4 nitrogen and oxygen atoms in total. The van der Waals surface area contributed by atoms with Gasteiger partial charge in [0.15, 0.2) is 0 Å². The maximum Gasteiger partial charge on any atom is 0.131 e. The average molecular weight is 428 g/mol. The zero-order valence-corrected chi connectivity index (χ0v) is 17.6. The van der Waals surface area contributed by atoms with Gasteiger partial charge >= 0.3 is 0 Å². The first kappa shape index (κ1) is 20.8. The number of halogens is 1. The highest BCUT2D eigenvalue weighted by molar-refractivity contribution is 6.29. The van der Waals surface area contributed by atoms with Crippen LogP contribution >= 0.6 is 11.6 Å². The van der Waals surface area contributed by atoms with Crippen molar-refractivity contribution in [2.75, 3.05) is 11.9 Å². The second-order valence-corrected chi connectivity index (χ2v) is 7.55. The summed E-state index contributed by atoms with van der Waals surface area (Å²) in [5, 5.41) is 21.9. The van der Waals surface area contributed by atoms with Crippen molar-refractivity contribution in [1.82, 2.24) is 4.98 Å². The van der Waals surface area contributed by atoms with Gasteiger partial charge in [-0.15, -0.1) is 0 Å². The van der Waals surface area contributed by atoms with E-state index in [1.807, 2.05) is 54.6 Å². The van der Waals surface area contributed by atoms with Crippen LogP contribution in [0.15, 0.2) is 103 Å². The first-order valence-corrected chi connectivity index (χ1v) is 10.3. The van der Waals surface area contributed by atoms with Crippen LogP contribution in [0.5, 0.6) is 0 Å². The van der Waals surface area contributed by atoms with Crippen molar-refractivity contribution < 1.29 is 5.11 Å². The number of nitrogens with zero attached hydrogens (tertiary/aromatic N) is 1. The van der Waals surface area contributed by atoms with Gasteiger partial charge in [0.2, 0.25) is 0 Å². The maximum absolute atomic E-state index is 9.62. The van der Waals surface area contributed by atoms with E-state index in [2.05, 4.69) is 46.7 Å².